The van der Waals surface area contributed by atoms with Crippen molar-refractivity contribution in [2.45, 2.75) is 19.9 Å². The van der Waals surface area contributed by atoms with Crippen LogP contribution in [0.1, 0.15) is 18.9 Å². The topological polar surface area (TPSA) is 67.9 Å². The Balaban J connectivity index is 1.57. The molecule has 0 bridgehead atoms. The van der Waals surface area contributed by atoms with Crippen LogP contribution in [0.2, 0.25) is 0 Å². The molecule has 1 aliphatic rings. The van der Waals surface area contributed by atoms with E-state index in [0.29, 0.717) is 19.7 Å². The third-order valence-corrected chi connectivity index (χ3v) is 4.56. The van der Waals surface area contributed by atoms with Gasteiger partial charge in [-0.15, -0.1) is 0 Å². The van der Waals surface area contributed by atoms with E-state index in [1.54, 1.807) is 24.1 Å². The number of nitrogens with zero attached hydrogens (tertiary/aromatic N) is 1. The van der Waals surface area contributed by atoms with Gasteiger partial charge in [-0.25, -0.2) is 0 Å². The van der Waals surface area contributed by atoms with Gasteiger partial charge in [0.2, 0.25) is 11.8 Å². The first-order chi connectivity index (χ1) is 13.1. The Hall–Kier alpha value is -3.02. The quantitative estimate of drug-likeness (QED) is 0.816. The minimum atomic E-state index is -0.352. The zero-order valence-corrected chi connectivity index (χ0v) is 15.6. The second kappa shape index (κ2) is 8.58. The van der Waals surface area contributed by atoms with Crippen LogP contribution in [-0.2, 0) is 16.1 Å². The van der Waals surface area contributed by atoms with E-state index >= 15 is 0 Å². The number of hydrogen-bond donors (Lipinski definition) is 1. The number of methoxy groups -OCH3 is 1. The summed E-state index contributed by atoms with van der Waals surface area (Å²) in [6, 6.07) is 14.9. The minimum Gasteiger partial charge on any atom is -0.497 e. The van der Waals surface area contributed by atoms with Crippen LogP contribution in [-0.4, -0.2) is 32.1 Å². The number of rotatable bonds is 7. The summed E-state index contributed by atoms with van der Waals surface area (Å²) in [5.74, 6) is 1.01. The molecule has 3 rings (SSSR count). The van der Waals surface area contributed by atoms with Gasteiger partial charge in [-0.05, 0) is 48.9 Å². The van der Waals surface area contributed by atoms with Crippen molar-refractivity contribution < 1.29 is 19.1 Å². The van der Waals surface area contributed by atoms with Crippen LogP contribution in [0.5, 0.6) is 11.5 Å². The van der Waals surface area contributed by atoms with Gasteiger partial charge in [0.05, 0.1) is 19.6 Å². The van der Waals surface area contributed by atoms with Gasteiger partial charge in [-0.2, -0.15) is 0 Å². The maximum Gasteiger partial charge on any atom is 0.227 e. The van der Waals surface area contributed by atoms with Crippen molar-refractivity contribution in [1.82, 2.24) is 5.32 Å². The molecule has 142 valence electrons. The molecule has 0 saturated carbocycles. The van der Waals surface area contributed by atoms with Gasteiger partial charge >= 0.3 is 0 Å². The van der Waals surface area contributed by atoms with Crippen LogP contribution in [0.3, 0.4) is 0 Å². The Morgan fingerprint density at radius 2 is 1.96 bits per heavy atom. The lowest BCUT2D eigenvalue weighted by Crippen LogP contribution is -2.32. The van der Waals surface area contributed by atoms with Crippen molar-refractivity contribution in [3.63, 3.8) is 0 Å². The summed E-state index contributed by atoms with van der Waals surface area (Å²) in [4.78, 5) is 26.5. The molecule has 1 aliphatic heterocycles. The van der Waals surface area contributed by atoms with Crippen molar-refractivity contribution in [2.75, 3.05) is 25.2 Å². The van der Waals surface area contributed by atoms with Crippen LogP contribution >= 0.6 is 0 Å². The maximum atomic E-state index is 12.5. The highest BCUT2D eigenvalue weighted by atomic mass is 16.5. The number of anilines is 1. The van der Waals surface area contributed by atoms with E-state index in [4.69, 9.17) is 9.47 Å². The van der Waals surface area contributed by atoms with Gasteiger partial charge in [0.1, 0.15) is 11.5 Å². The van der Waals surface area contributed by atoms with Crippen molar-refractivity contribution in [2.24, 2.45) is 5.92 Å². The molecule has 2 aromatic rings. The number of hydrogen-bond acceptors (Lipinski definition) is 4. The van der Waals surface area contributed by atoms with Crippen LogP contribution in [0.15, 0.2) is 48.5 Å². The average molecular weight is 368 g/mol. The normalized spacial score (nSPS) is 16.3. The van der Waals surface area contributed by atoms with Crippen LogP contribution in [0.4, 0.5) is 5.69 Å². The molecule has 0 spiro atoms. The van der Waals surface area contributed by atoms with Crippen molar-refractivity contribution in [3.8, 4) is 11.5 Å². The van der Waals surface area contributed by atoms with Gasteiger partial charge in [-0.1, -0.05) is 12.1 Å². The fourth-order valence-corrected chi connectivity index (χ4v) is 3.14. The third kappa shape index (κ3) is 4.58. The maximum absolute atomic E-state index is 12.5. The molecule has 27 heavy (non-hydrogen) atoms. The van der Waals surface area contributed by atoms with Crippen LogP contribution in [0, 0.1) is 5.92 Å². The average Bonchev–Trinajstić information content (AvgIpc) is 3.08. The Labute approximate surface area is 159 Å². The molecule has 1 heterocycles. The van der Waals surface area contributed by atoms with E-state index < -0.39 is 0 Å². The fraction of sp³-hybridized carbons (Fsp3) is 0.333. The summed E-state index contributed by atoms with van der Waals surface area (Å²) in [5, 5.41) is 2.93. The second-order valence-corrected chi connectivity index (χ2v) is 6.40. The molecule has 0 aliphatic carbocycles. The zero-order chi connectivity index (χ0) is 19.2. The van der Waals surface area contributed by atoms with Gasteiger partial charge in [0.15, 0.2) is 0 Å². The lowest BCUT2D eigenvalue weighted by Gasteiger charge is -2.17. The summed E-state index contributed by atoms with van der Waals surface area (Å²) < 4.78 is 10.6. The molecule has 0 unspecified atom stereocenters. The lowest BCUT2D eigenvalue weighted by molar-refractivity contribution is -0.126. The molecule has 1 N–H and O–H groups in total. The number of nitrogens with one attached hydrogen (secondary N) is 1. The van der Waals surface area contributed by atoms with Crippen molar-refractivity contribution in [3.05, 3.63) is 54.1 Å². The van der Waals surface area contributed by atoms with Crippen molar-refractivity contribution >= 4 is 17.5 Å². The SMILES string of the molecule is CCOc1cccc(CNC(=O)[C@H]2CC(=O)N(c3ccc(OC)cc3)C2)c1. The predicted molar refractivity (Wildman–Crippen MR) is 103 cm³/mol. The van der Waals surface area contributed by atoms with E-state index in [1.807, 2.05) is 43.3 Å². The second-order valence-electron chi connectivity index (χ2n) is 6.40. The molecule has 6 heteroatoms. The molecule has 1 saturated heterocycles. The number of carbonyl (C=O) groups is 2. The summed E-state index contributed by atoms with van der Waals surface area (Å²) >= 11 is 0. The highest BCUT2D eigenvalue weighted by molar-refractivity contribution is 6.00. The fourth-order valence-electron chi connectivity index (χ4n) is 3.14. The highest BCUT2D eigenvalue weighted by Gasteiger charge is 2.34. The van der Waals surface area contributed by atoms with Crippen LogP contribution < -0.4 is 19.7 Å². The summed E-state index contributed by atoms with van der Waals surface area (Å²) in [6.45, 7) is 3.32. The number of ether oxygens (including phenoxy) is 2. The van der Waals surface area contributed by atoms with E-state index in [9.17, 15) is 9.59 Å². The molecule has 2 amide bonds. The van der Waals surface area contributed by atoms with E-state index in [1.165, 1.54) is 0 Å². The molecule has 1 atom stereocenters. The molecule has 2 aromatic carbocycles. The standard InChI is InChI=1S/C21H24N2O4/c1-3-27-19-6-4-5-15(11-19)13-22-21(25)16-12-20(24)23(14-16)17-7-9-18(26-2)10-8-17/h4-11,16H,3,12-14H2,1-2H3,(H,22,25)/t16-/m0/s1. The summed E-state index contributed by atoms with van der Waals surface area (Å²) in [7, 11) is 1.60. The highest BCUT2D eigenvalue weighted by Crippen LogP contribution is 2.27. The monoisotopic (exact) mass is 368 g/mol. The van der Waals surface area contributed by atoms with Gasteiger partial charge < -0.3 is 19.7 Å². The number of benzene rings is 2. The largest absolute Gasteiger partial charge is 0.497 e. The van der Waals surface area contributed by atoms with E-state index in [0.717, 1.165) is 22.7 Å². The van der Waals surface area contributed by atoms with Crippen molar-refractivity contribution in [1.29, 1.82) is 0 Å². The number of carbonyl (C=O) groups excluding carboxylic acids is 2. The smallest absolute Gasteiger partial charge is 0.227 e. The van der Waals surface area contributed by atoms with Gasteiger partial charge in [0, 0.05) is 25.2 Å². The minimum absolute atomic E-state index is 0.0429. The zero-order valence-electron chi connectivity index (χ0n) is 15.6. The predicted octanol–water partition coefficient (Wildman–Crippen LogP) is 2.76. The first kappa shape index (κ1) is 18.8. The lowest BCUT2D eigenvalue weighted by atomic mass is 10.1. The molecule has 0 radical (unpaired) electrons. The molecule has 0 aromatic heterocycles. The molecule has 1 fully saturated rings. The van der Waals surface area contributed by atoms with E-state index in [2.05, 4.69) is 5.32 Å². The first-order valence-electron chi connectivity index (χ1n) is 9.04. The molecular formula is C21H24N2O4. The first-order valence-corrected chi connectivity index (χ1v) is 9.04. The summed E-state index contributed by atoms with van der Waals surface area (Å²) in [6.07, 6.45) is 0.219. The Kier molecular flexibility index (Phi) is 5.96. The summed E-state index contributed by atoms with van der Waals surface area (Å²) in [5.41, 5.74) is 1.74. The Bertz CT molecular complexity index is 804. The molecular weight excluding hydrogens is 344 g/mol. The third-order valence-electron chi connectivity index (χ3n) is 4.56. The molecule has 6 nitrogen and oxygen atoms in total. The Morgan fingerprint density at radius 3 is 2.67 bits per heavy atom. The number of amides is 2. The Morgan fingerprint density at radius 1 is 1.19 bits per heavy atom. The van der Waals surface area contributed by atoms with E-state index in [-0.39, 0.29) is 24.2 Å². The van der Waals surface area contributed by atoms with Crippen LogP contribution in [0.25, 0.3) is 0 Å². The van der Waals surface area contributed by atoms with Gasteiger partial charge in [0.25, 0.3) is 0 Å². The van der Waals surface area contributed by atoms with Gasteiger partial charge in [-0.3, -0.25) is 9.59 Å².